The highest BCUT2D eigenvalue weighted by atomic mass is 16.5. The van der Waals surface area contributed by atoms with Crippen LogP contribution < -0.4 is 5.32 Å². The molecule has 1 amide bonds. The fourth-order valence-electron chi connectivity index (χ4n) is 1.20. The Balaban J connectivity index is 2.18. The Morgan fingerprint density at radius 2 is 2.12 bits per heavy atom. The normalized spacial score (nSPS) is 12.1. The van der Waals surface area contributed by atoms with Crippen LogP contribution in [0, 0.1) is 0 Å². The van der Waals surface area contributed by atoms with Crippen LogP contribution >= 0.6 is 0 Å². The van der Waals surface area contributed by atoms with Gasteiger partial charge in [-0.2, -0.15) is 0 Å². The van der Waals surface area contributed by atoms with Crippen LogP contribution in [-0.4, -0.2) is 30.3 Å². The fraction of sp³-hybridized carbons (Fsp3) is 0.417. The first-order valence-corrected chi connectivity index (χ1v) is 5.24. The number of hydrogen-bond donors (Lipinski definition) is 2. The van der Waals surface area contributed by atoms with E-state index in [9.17, 15) is 4.79 Å². The molecule has 0 spiro atoms. The van der Waals surface area contributed by atoms with Crippen LogP contribution in [0.3, 0.4) is 0 Å². The van der Waals surface area contributed by atoms with Gasteiger partial charge in [0, 0.05) is 6.04 Å². The van der Waals surface area contributed by atoms with Gasteiger partial charge in [-0.15, -0.1) is 0 Å². The zero-order chi connectivity index (χ0) is 11.8. The maximum atomic E-state index is 11.3. The summed E-state index contributed by atoms with van der Waals surface area (Å²) < 4.78 is 5.23. The van der Waals surface area contributed by atoms with E-state index in [1.807, 2.05) is 30.3 Å². The van der Waals surface area contributed by atoms with Crippen LogP contribution in [-0.2, 0) is 16.1 Å². The Labute approximate surface area is 95.2 Å². The quantitative estimate of drug-likeness (QED) is 0.746. The number of carbonyl (C=O) groups is 1. The number of carbonyl (C=O) groups excluding carboxylic acids is 1. The lowest BCUT2D eigenvalue weighted by molar-refractivity contribution is -0.127. The third-order valence-electron chi connectivity index (χ3n) is 2.03. The fourth-order valence-corrected chi connectivity index (χ4v) is 1.20. The molecule has 4 nitrogen and oxygen atoms in total. The number of aliphatic hydroxyl groups excluding tert-OH is 1. The highest BCUT2D eigenvalue weighted by molar-refractivity contribution is 5.77. The van der Waals surface area contributed by atoms with Gasteiger partial charge in [0.1, 0.15) is 6.61 Å². The molecule has 0 aromatic heterocycles. The number of aliphatic hydroxyl groups is 1. The van der Waals surface area contributed by atoms with E-state index in [0.717, 1.165) is 5.56 Å². The highest BCUT2D eigenvalue weighted by Gasteiger charge is 2.05. The van der Waals surface area contributed by atoms with Gasteiger partial charge in [-0.3, -0.25) is 4.79 Å². The molecular formula is C12H17NO3. The van der Waals surface area contributed by atoms with Crippen molar-refractivity contribution >= 4 is 5.91 Å². The number of hydrogen-bond acceptors (Lipinski definition) is 3. The molecule has 1 rings (SSSR count). The van der Waals surface area contributed by atoms with Gasteiger partial charge in [-0.05, 0) is 12.5 Å². The average molecular weight is 223 g/mol. The average Bonchev–Trinajstić information content (AvgIpc) is 2.30. The molecule has 16 heavy (non-hydrogen) atoms. The van der Waals surface area contributed by atoms with Crippen molar-refractivity contribution in [1.29, 1.82) is 0 Å². The molecule has 0 fully saturated rings. The Bertz CT molecular complexity index is 313. The third-order valence-corrected chi connectivity index (χ3v) is 2.03. The van der Waals surface area contributed by atoms with Crippen molar-refractivity contribution in [2.45, 2.75) is 19.6 Å². The van der Waals surface area contributed by atoms with Crippen LogP contribution in [0.1, 0.15) is 12.5 Å². The van der Waals surface area contributed by atoms with E-state index in [1.165, 1.54) is 0 Å². The molecule has 4 heteroatoms. The second-order valence-electron chi connectivity index (χ2n) is 3.63. The second-order valence-corrected chi connectivity index (χ2v) is 3.63. The summed E-state index contributed by atoms with van der Waals surface area (Å²) in [6, 6.07) is 9.42. The van der Waals surface area contributed by atoms with Crippen LogP contribution in [0.15, 0.2) is 30.3 Å². The van der Waals surface area contributed by atoms with Crippen LogP contribution in [0.25, 0.3) is 0 Å². The summed E-state index contributed by atoms with van der Waals surface area (Å²) in [5.74, 6) is -0.211. The molecule has 0 radical (unpaired) electrons. The molecule has 0 aliphatic carbocycles. The first-order valence-electron chi connectivity index (χ1n) is 5.24. The largest absolute Gasteiger partial charge is 0.394 e. The molecule has 0 saturated carbocycles. The van der Waals surface area contributed by atoms with E-state index >= 15 is 0 Å². The lowest BCUT2D eigenvalue weighted by atomic mass is 10.2. The minimum Gasteiger partial charge on any atom is -0.394 e. The summed E-state index contributed by atoms with van der Waals surface area (Å²) in [6.07, 6.45) is 0. The monoisotopic (exact) mass is 223 g/mol. The number of ether oxygens (including phenoxy) is 1. The van der Waals surface area contributed by atoms with Crippen molar-refractivity contribution in [3.8, 4) is 0 Å². The summed E-state index contributed by atoms with van der Waals surface area (Å²) in [7, 11) is 0. The minimum atomic E-state index is -0.229. The molecular weight excluding hydrogens is 206 g/mol. The van der Waals surface area contributed by atoms with E-state index < -0.39 is 0 Å². The van der Waals surface area contributed by atoms with E-state index in [2.05, 4.69) is 5.32 Å². The number of amides is 1. The molecule has 0 unspecified atom stereocenters. The first-order chi connectivity index (χ1) is 7.72. The van der Waals surface area contributed by atoms with Crippen molar-refractivity contribution in [1.82, 2.24) is 5.32 Å². The molecule has 0 aliphatic heterocycles. The molecule has 2 N–H and O–H groups in total. The number of rotatable bonds is 6. The summed E-state index contributed by atoms with van der Waals surface area (Å²) in [6.45, 7) is 2.10. The molecule has 1 aromatic rings. The molecule has 1 aromatic carbocycles. The molecule has 0 bridgehead atoms. The summed E-state index contributed by atoms with van der Waals surface area (Å²) >= 11 is 0. The topological polar surface area (TPSA) is 58.6 Å². The molecule has 0 heterocycles. The van der Waals surface area contributed by atoms with Gasteiger partial charge in [0.25, 0.3) is 0 Å². The van der Waals surface area contributed by atoms with Gasteiger partial charge in [0.05, 0.1) is 13.2 Å². The standard InChI is InChI=1S/C12H17NO3/c1-10(7-14)13-12(15)9-16-8-11-5-3-2-4-6-11/h2-6,10,14H,7-9H2,1H3,(H,13,15)/t10-/m0/s1. The van der Waals surface area contributed by atoms with E-state index in [0.29, 0.717) is 6.61 Å². The molecule has 88 valence electrons. The lowest BCUT2D eigenvalue weighted by Crippen LogP contribution is -2.37. The third kappa shape index (κ3) is 4.91. The van der Waals surface area contributed by atoms with Crippen molar-refractivity contribution in [2.24, 2.45) is 0 Å². The van der Waals surface area contributed by atoms with Crippen LogP contribution in [0.2, 0.25) is 0 Å². The van der Waals surface area contributed by atoms with Gasteiger partial charge < -0.3 is 15.2 Å². The maximum Gasteiger partial charge on any atom is 0.246 e. The van der Waals surface area contributed by atoms with Crippen LogP contribution in [0.4, 0.5) is 0 Å². The number of nitrogens with one attached hydrogen (secondary N) is 1. The summed E-state index contributed by atoms with van der Waals surface area (Å²) in [5.41, 5.74) is 1.03. The van der Waals surface area contributed by atoms with E-state index in [-0.39, 0.29) is 25.2 Å². The zero-order valence-electron chi connectivity index (χ0n) is 9.35. The summed E-state index contributed by atoms with van der Waals surface area (Å²) in [4.78, 5) is 11.3. The SMILES string of the molecule is C[C@@H](CO)NC(=O)COCc1ccccc1. The Kier molecular flexibility index (Phi) is 5.53. The summed E-state index contributed by atoms with van der Waals surface area (Å²) in [5, 5.41) is 11.3. The molecule has 0 aliphatic rings. The number of benzene rings is 1. The maximum absolute atomic E-state index is 11.3. The van der Waals surface area contributed by atoms with Gasteiger partial charge in [0.15, 0.2) is 0 Å². The van der Waals surface area contributed by atoms with Gasteiger partial charge in [-0.1, -0.05) is 30.3 Å². The lowest BCUT2D eigenvalue weighted by Gasteiger charge is -2.10. The second kappa shape index (κ2) is 6.98. The van der Waals surface area contributed by atoms with Crippen molar-refractivity contribution in [3.63, 3.8) is 0 Å². The predicted molar refractivity (Wildman–Crippen MR) is 60.8 cm³/mol. The Morgan fingerprint density at radius 1 is 1.44 bits per heavy atom. The zero-order valence-corrected chi connectivity index (χ0v) is 9.35. The molecule has 0 saturated heterocycles. The van der Waals surface area contributed by atoms with Gasteiger partial charge in [-0.25, -0.2) is 0 Å². The van der Waals surface area contributed by atoms with Crippen LogP contribution in [0.5, 0.6) is 0 Å². The van der Waals surface area contributed by atoms with E-state index in [4.69, 9.17) is 9.84 Å². The van der Waals surface area contributed by atoms with E-state index in [1.54, 1.807) is 6.92 Å². The van der Waals surface area contributed by atoms with Crippen molar-refractivity contribution < 1.29 is 14.6 Å². The van der Waals surface area contributed by atoms with Gasteiger partial charge in [0.2, 0.25) is 5.91 Å². The van der Waals surface area contributed by atoms with Crippen molar-refractivity contribution in [2.75, 3.05) is 13.2 Å². The highest BCUT2D eigenvalue weighted by Crippen LogP contribution is 1.99. The minimum absolute atomic E-state index is 0.0131. The Morgan fingerprint density at radius 3 is 2.75 bits per heavy atom. The first kappa shape index (κ1) is 12.7. The molecule has 1 atom stereocenters. The van der Waals surface area contributed by atoms with Crippen molar-refractivity contribution in [3.05, 3.63) is 35.9 Å². The smallest absolute Gasteiger partial charge is 0.246 e. The van der Waals surface area contributed by atoms with Gasteiger partial charge >= 0.3 is 0 Å². The Hall–Kier alpha value is -1.39. The predicted octanol–water partition coefficient (Wildman–Crippen LogP) is 0.700.